The second-order valence-electron chi connectivity index (χ2n) is 4.17. The zero-order valence-corrected chi connectivity index (χ0v) is 9.71. The van der Waals surface area contributed by atoms with Crippen LogP contribution in [-0.2, 0) is 4.79 Å². The van der Waals surface area contributed by atoms with Crippen molar-refractivity contribution in [1.29, 1.82) is 0 Å². The highest BCUT2D eigenvalue weighted by Gasteiger charge is 2.10. The Hall–Kier alpha value is -0.790. The van der Waals surface area contributed by atoms with Gasteiger partial charge < -0.3 is 5.11 Å². The molecule has 0 aromatic heterocycles. The second kappa shape index (κ2) is 6.63. The molecule has 2 nitrogen and oxygen atoms in total. The third kappa shape index (κ3) is 5.05. The van der Waals surface area contributed by atoms with Gasteiger partial charge in [-0.1, -0.05) is 39.7 Å². The number of rotatable bonds is 6. The van der Waals surface area contributed by atoms with Crippen molar-refractivity contribution in [2.75, 3.05) is 0 Å². The van der Waals surface area contributed by atoms with Crippen molar-refractivity contribution >= 4 is 5.97 Å². The van der Waals surface area contributed by atoms with Crippen LogP contribution in [0.15, 0.2) is 11.6 Å². The van der Waals surface area contributed by atoms with E-state index in [-0.39, 0.29) is 0 Å². The summed E-state index contributed by atoms with van der Waals surface area (Å²) in [6.45, 7) is 8.26. The van der Waals surface area contributed by atoms with Gasteiger partial charge in [0.25, 0.3) is 0 Å². The molecule has 0 saturated carbocycles. The summed E-state index contributed by atoms with van der Waals surface area (Å²) in [5.41, 5.74) is 0.459. The van der Waals surface area contributed by atoms with E-state index in [1.165, 1.54) is 12.8 Å². The SMILES string of the molecule is CCCC(C)C(C)CC=C(C)C(=O)O. The van der Waals surface area contributed by atoms with Gasteiger partial charge in [-0.15, -0.1) is 0 Å². The molecule has 0 bridgehead atoms. The van der Waals surface area contributed by atoms with Gasteiger partial charge in [0.05, 0.1) is 0 Å². The Morgan fingerprint density at radius 1 is 1.36 bits per heavy atom. The zero-order valence-electron chi connectivity index (χ0n) is 9.71. The maximum Gasteiger partial charge on any atom is 0.330 e. The molecule has 82 valence electrons. The number of allylic oxidation sites excluding steroid dienone is 1. The summed E-state index contributed by atoms with van der Waals surface area (Å²) in [4.78, 5) is 10.5. The van der Waals surface area contributed by atoms with Crippen LogP contribution < -0.4 is 0 Å². The first kappa shape index (κ1) is 13.2. The standard InChI is InChI=1S/C12H22O2/c1-5-6-9(2)10(3)7-8-11(4)12(13)14/h8-10H,5-7H2,1-4H3,(H,13,14). The van der Waals surface area contributed by atoms with Crippen molar-refractivity contribution in [3.63, 3.8) is 0 Å². The molecule has 14 heavy (non-hydrogen) atoms. The summed E-state index contributed by atoms with van der Waals surface area (Å²) >= 11 is 0. The second-order valence-corrected chi connectivity index (χ2v) is 4.17. The molecule has 0 saturated heterocycles. The molecule has 0 aromatic rings. The van der Waals surface area contributed by atoms with Gasteiger partial charge >= 0.3 is 5.97 Å². The lowest BCUT2D eigenvalue weighted by molar-refractivity contribution is -0.132. The van der Waals surface area contributed by atoms with Crippen LogP contribution >= 0.6 is 0 Å². The Balaban J connectivity index is 4.00. The predicted octanol–water partition coefficient (Wildman–Crippen LogP) is 3.48. The fourth-order valence-corrected chi connectivity index (χ4v) is 1.42. The highest BCUT2D eigenvalue weighted by molar-refractivity contribution is 5.85. The topological polar surface area (TPSA) is 37.3 Å². The third-order valence-corrected chi connectivity index (χ3v) is 2.85. The Kier molecular flexibility index (Phi) is 6.26. The summed E-state index contributed by atoms with van der Waals surface area (Å²) in [7, 11) is 0. The van der Waals surface area contributed by atoms with Crippen molar-refractivity contribution in [2.24, 2.45) is 11.8 Å². The molecule has 0 aromatic carbocycles. The van der Waals surface area contributed by atoms with Gasteiger partial charge in [-0.25, -0.2) is 4.79 Å². The van der Waals surface area contributed by atoms with Gasteiger partial charge in [-0.2, -0.15) is 0 Å². The van der Waals surface area contributed by atoms with Gasteiger partial charge in [-0.05, 0) is 25.2 Å². The molecule has 2 heteroatoms. The average Bonchev–Trinajstić information content (AvgIpc) is 2.13. The quantitative estimate of drug-likeness (QED) is 0.663. The maximum atomic E-state index is 10.5. The Bertz CT molecular complexity index is 206. The Labute approximate surface area is 87.0 Å². The van der Waals surface area contributed by atoms with E-state index in [2.05, 4.69) is 20.8 Å². The maximum absolute atomic E-state index is 10.5. The third-order valence-electron chi connectivity index (χ3n) is 2.85. The highest BCUT2D eigenvalue weighted by Crippen LogP contribution is 2.20. The van der Waals surface area contributed by atoms with Gasteiger partial charge in [0.15, 0.2) is 0 Å². The Morgan fingerprint density at radius 2 is 1.93 bits per heavy atom. The van der Waals surface area contributed by atoms with E-state index in [9.17, 15) is 4.79 Å². The van der Waals surface area contributed by atoms with Gasteiger partial charge in [0, 0.05) is 5.57 Å². The zero-order chi connectivity index (χ0) is 11.1. The van der Waals surface area contributed by atoms with Crippen LogP contribution in [-0.4, -0.2) is 11.1 Å². The lowest BCUT2D eigenvalue weighted by Gasteiger charge is -2.17. The molecule has 2 atom stereocenters. The molecule has 0 fully saturated rings. The normalized spacial score (nSPS) is 16.4. The summed E-state index contributed by atoms with van der Waals surface area (Å²) in [5, 5.41) is 8.67. The molecule has 0 amide bonds. The van der Waals surface area contributed by atoms with E-state index < -0.39 is 5.97 Å². The van der Waals surface area contributed by atoms with Gasteiger partial charge in [-0.3, -0.25) is 0 Å². The monoisotopic (exact) mass is 198 g/mol. The van der Waals surface area contributed by atoms with Crippen LogP contribution in [0.1, 0.15) is 47.0 Å². The number of hydrogen-bond acceptors (Lipinski definition) is 1. The van der Waals surface area contributed by atoms with Crippen LogP contribution in [0.2, 0.25) is 0 Å². The van der Waals surface area contributed by atoms with Crippen molar-refractivity contribution in [2.45, 2.75) is 47.0 Å². The minimum atomic E-state index is -0.805. The number of carboxylic acids is 1. The van der Waals surface area contributed by atoms with Crippen molar-refractivity contribution < 1.29 is 9.90 Å². The molecule has 0 spiro atoms. The smallest absolute Gasteiger partial charge is 0.330 e. The molecule has 0 aliphatic rings. The van der Waals surface area contributed by atoms with Gasteiger partial charge in [0.1, 0.15) is 0 Å². The fourth-order valence-electron chi connectivity index (χ4n) is 1.42. The molecular weight excluding hydrogens is 176 g/mol. The predicted molar refractivity (Wildman–Crippen MR) is 59.2 cm³/mol. The summed E-state index contributed by atoms with van der Waals surface area (Å²) in [6.07, 6.45) is 5.13. The van der Waals surface area contributed by atoms with E-state index in [1.807, 2.05) is 6.08 Å². The number of carbonyl (C=O) groups is 1. The first-order chi connectivity index (χ1) is 6.49. The Morgan fingerprint density at radius 3 is 2.36 bits per heavy atom. The first-order valence-corrected chi connectivity index (χ1v) is 5.39. The average molecular weight is 198 g/mol. The number of hydrogen-bond donors (Lipinski definition) is 1. The van der Waals surface area contributed by atoms with Gasteiger partial charge in [0.2, 0.25) is 0 Å². The minimum Gasteiger partial charge on any atom is -0.478 e. The van der Waals surface area contributed by atoms with E-state index in [0.717, 1.165) is 6.42 Å². The van der Waals surface area contributed by atoms with Crippen LogP contribution in [0.5, 0.6) is 0 Å². The summed E-state index contributed by atoms with van der Waals surface area (Å²) in [6, 6.07) is 0. The molecular formula is C12H22O2. The molecule has 0 radical (unpaired) electrons. The molecule has 0 heterocycles. The number of aliphatic carboxylic acids is 1. The van der Waals surface area contributed by atoms with Crippen molar-refractivity contribution in [3.8, 4) is 0 Å². The van der Waals surface area contributed by atoms with E-state index in [0.29, 0.717) is 17.4 Å². The lowest BCUT2D eigenvalue weighted by atomic mass is 9.89. The fraction of sp³-hybridized carbons (Fsp3) is 0.750. The summed E-state index contributed by atoms with van der Waals surface area (Å²) < 4.78 is 0. The van der Waals surface area contributed by atoms with E-state index in [1.54, 1.807) is 6.92 Å². The van der Waals surface area contributed by atoms with E-state index in [4.69, 9.17) is 5.11 Å². The molecule has 0 aliphatic carbocycles. The van der Waals surface area contributed by atoms with Crippen LogP contribution in [0, 0.1) is 11.8 Å². The number of carboxylic acid groups (broad SMARTS) is 1. The highest BCUT2D eigenvalue weighted by atomic mass is 16.4. The van der Waals surface area contributed by atoms with Crippen molar-refractivity contribution in [3.05, 3.63) is 11.6 Å². The molecule has 0 aliphatic heterocycles. The largest absolute Gasteiger partial charge is 0.478 e. The van der Waals surface area contributed by atoms with Crippen LogP contribution in [0.4, 0.5) is 0 Å². The minimum absolute atomic E-state index is 0.459. The molecule has 2 unspecified atom stereocenters. The summed E-state index contributed by atoms with van der Waals surface area (Å²) in [5.74, 6) is 0.447. The lowest BCUT2D eigenvalue weighted by Crippen LogP contribution is -2.07. The van der Waals surface area contributed by atoms with Crippen LogP contribution in [0.25, 0.3) is 0 Å². The van der Waals surface area contributed by atoms with Crippen LogP contribution in [0.3, 0.4) is 0 Å². The molecule has 0 rings (SSSR count). The van der Waals surface area contributed by atoms with Crippen molar-refractivity contribution in [1.82, 2.24) is 0 Å². The first-order valence-electron chi connectivity index (χ1n) is 5.39. The molecule has 1 N–H and O–H groups in total. The van der Waals surface area contributed by atoms with E-state index >= 15 is 0 Å².